The van der Waals surface area contributed by atoms with Crippen LogP contribution >= 0.6 is 0 Å². The van der Waals surface area contributed by atoms with Crippen molar-refractivity contribution < 1.29 is 14.3 Å². The summed E-state index contributed by atoms with van der Waals surface area (Å²) in [5, 5.41) is 9.45. The minimum absolute atomic E-state index is 0.223. The highest BCUT2D eigenvalue weighted by atomic mass is 19.1. The van der Waals surface area contributed by atoms with E-state index < -0.39 is 0 Å². The Morgan fingerprint density at radius 2 is 1.53 bits per heavy atom. The third-order valence-electron chi connectivity index (χ3n) is 6.42. The number of hydrogen-bond acceptors (Lipinski definition) is 4. The number of piperidine rings is 1. The summed E-state index contributed by atoms with van der Waals surface area (Å²) in [6.07, 6.45) is 2.76. The Morgan fingerprint density at radius 3 is 2.17 bits per heavy atom. The molecule has 1 amide bonds. The summed E-state index contributed by atoms with van der Waals surface area (Å²) >= 11 is 0. The van der Waals surface area contributed by atoms with Crippen LogP contribution in [-0.2, 0) is 4.79 Å². The number of phenols is 1. The second-order valence-corrected chi connectivity index (χ2v) is 8.30. The molecule has 0 aliphatic carbocycles. The first-order chi connectivity index (χ1) is 14.6. The number of halogens is 1. The highest BCUT2D eigenvalue weighted by molar-refractivity contribution is 5.76. The predicted octanol–water partition coefficient (Wildman–Crippen LogP) is 3.45. The first-order valence-corrected chi connectivity index (χ1v) is 10.9. The topological polar surface area (TPSA) is 47.0 Å². The number of amides is 1. The average Bonchev–Trinajstić information content (AvgIpc) is 2.79. The lowest BCUT2D eigenvalue weighted by molar-refractivity contribution is -0.131. The van der Waals surface area contributed by atoms with Gasteiger partial charge >= 0.3 is 0 Å². The maximum absolute atomic E-state index is 13.1. The van der Waals surface area contributed by atoms with Crippen molar-refractivity contribution >= 4 is 11.6 Å². The van der Waals surface area contributed by atoms with Crippen molar-refractivity contribution in [3.63, 3.8) is 0 Å². The molecule has 2 heterocycles. The summed E-state index contributed by atoms with van der Waals surface area (Å²) in [5.41, 5.74) is 2.31. The second-order valence-electron chi connectivity index (χ2n) is 8.30. The molecule has 2 saturated heterocycles. The monoisotopic (exact) mass is 411 g/mol. The number of benzene rings is 2. The zero-order valence-corrected chi connectivity index (χ0v) is 17.3. The zero-order chi connectivity index (χ0) is 20.9. The third kappa shape index (κ3) is 5.11. The lowest BCUT2D eigenvalue weighted by Crippen LogP contribution is -2.49. The number of rotatable bonds is 5. The number of nitrogens with zero attached hydrogens (tertiary/aromatic N) is 3. The summed E-state index contributed by atoms with van der Waals surface area (Å²) in [7, 11) is 0. The number of anilines is 1. The molecule has 2 aromatic carbocycles. The molecule has 5 nitrogen and oxygen atoms in total. The first-order valence-electron chi connectivity index (χ1n) is 10.9. The van der Waals surface area contributed by atoms with Gasteiger partial charge in [-0.15, -0.1) is 0 Å². The van der Waals surface area contributed by atoms with Crippen LogP contribution in [0.25, 0.3) is 0 Å². The van der Waals surface area contributed by atoms with Crippen LogP contribution in [0.4, 0.5) is 10.1 Å². The van der Waals surface area contributed by atoms with Crippen molar-refractivity contribution in [1.82, 2.24) is 9.80 Å². The number of likely N-dealkylation sites (tertiary alicyclic amines) is 1. The van der Waals surface area contributed by atoms with Crippen LogP contribution in [-0.4, -0.2) is 66.6 Å². The van der Waals surface area contributed by atoms with Crippen molar-refractivity contribution in [2.75, 3.05) is 50.7 Å². The molecule has 0 aromatic heterocycles. The Morgan fingerprint density at radius 1 is 0.900 bits per heavy atom. The van der Waals surface area contributed by atoms with Gasteiger partial charge in [-0.05, 0) is 73.8 Å². The van der Waals surface area contributed by atoms with E-state index in [-0.39, 0.29) is 11.7 Å². The molecule has 1 N–H and O–H groups in total. The first kappa shape index (κ1) is 20.7. The Kier molecular flexibility index (Phi) is 6.53. The van der Waals surface area contributed by atoms with Gasteiger partial charge in [0.15, 0.2) is 0 Å². The molecule has 6 heteroatoms. The fraction of sp³-hybridized carbons (Fsp3) is 0.458. The number of piperazine rings is 1. The quantitative estimate of drug-likeness (QED) is 0.819. The SMILES string of the molecule is O=C(CCN1CCC(c2ccc(O)cc2)CC1)N1CCN(c2ccc(F)cc2)CC1. The third-order valence-corrected chi connectivity index (χ3v) is 6.42. The van der Waals surface area contributed by atoms with E-state index in [1.807, 2.05) is 17.0 Å². The van der Waals surface area contributed by atoms with Crippen LogP contribution < -0.4 is 4.90 Å². The molecule has 0 atom stereocenters. The van der Waals surface area contributed by atoms with Gasteiger partial charge in [0.1, 0.15) is 11.6 Å². The maximum atomic E-state index is 13.1. The summed E-state index contributed by atoms with van der Waals surface area (Å²) in [6, 6.07) is 14.1. The summed E-state index contributed by atoms with van der Waals surface area (Å²) < 4.78 is 13.1. The van der Waals surface area contributed by atoms with E-state index >= 15 is 0 Å². The van der Waals surface area contributed by atoms with Gasteiger partial charge < -0.3 is 19.8 Å². The molecule has 2 aromatic rings. The van der Waals surface area contributed by atoms with E-state index in [9.17, 15) is 14.3 Å². The van der Waals surface area contributed by atoms with Gasteiger partial charge in [0.25, 0.3) is 0 Å². The smallest absolute Gasteiger partial charge is 0.223 e. The van der Waals surface area contributed by atoms with Crippen LogP contribution in [0, 0.1) is 5.82 Å². The number of aromatic hydroxyl groups is 1. The van der Waals surface area contributed by atoms with Crippen molar-refractivity contribution in [2.45, 2.75) is 25.2 Å². The van der Waals surface area contributed by atoms with Gasteiger partial charge in [0.05, 0.1) is 0 Å². The van der Waals surface area contributed by atoms with Gasteiger partial charge in [-0.3, -0.25) is 4.79 Å². The van der Waals surface area contributed by atoms with Gasteiger partial charge in [0, 0.05) is 44.8 Å². The molecule has 4 rings (SSSR count). The normalized spacial score (nSPS) is 18.6. The second kappa shape index (κ2) is 9.47. The van der Waals surface area contributed by atoms with Gasteiger partial charge in [-0.1, -0.05) is 12.1 Å². The zero-order valence-electron chi connectivity index (χ0n) is 17.3. The highest BCUT2D eigenvalue weighted by Crippen LogP contribution is 2.29. The van der Waals surface area contributed by atoms with E-state index in [2.05, 4.69) is 9.80 Å². The van der Waals surface area contributed by atoms with Gasteiger partial charge in [0.2, 0.25) is 5.91 Å². The molecule has 2 aliphatic rings. The molecule has 0 saturated carbocycles. The van der Waals surface area contributed by atoms with Crippen molar-refractivity contribution in [3.8, 4) is 5.75 Å². The molecule has 160 valence electrons. The minimum atomic E-state index is -0.223. The van der Waals surface area contributed by atoms with E-state index in [4.69, 9.17) is 0 Å². The van der Waals surface area contributed by atoms with Crippen molar-refractivity contribution in [2.24, 2.45) is 0 Å². The average molecular weight is 412 g/mol. The molecule has 2 fully saturated rings. The van der Waals surface area contributed by atoms with Gasteiger partial charge in [-0.25, -0.2) is 4.39 Å². The molecule has 0 radical (unpaired) electrons. The Bertz CT molecular complexity index is 825. The summed E-state index contributed by atoms with van der Waals surface area (Å²) in [4.78, 5) is 19.2. The lowest BCUT2D eigenvalue weighted by atomic mass is 9.89. The Labute approximate surface area is 177 Å². The van der Waals surface area contributed by atoms with Crippen LogP contribution in [0.1, 0.15) is 30.7 Å². The molecule has 0 spiro atoms. The summed E-state index contributed by atoms with van der Waals surface area (Å²) in [5.74, 6) is 0.861. The van der Waals surface area contributed by atoms with Gasteiger partial charge in [-0.2, -0.15) is 0 Å². The molecular formula is C24H30FN3O2. The Balaban J connectivity index is 1.18. The number of phenolic OH excluding ortho intramolecular Hbond substituents is 1. The van der Waals surface area contributed by atoms with E-state index in [0.717, 1.165) is 64.3 Å². The van der Waals surface area contributed by atoms with Crippen molar-refractivity contribution in [3.05, 3.63) is 59.9 Å². The van der Waals surface area contributed by atoms with Crippen molar-refractivity contribution in [1.29, 1.82) is 0 Å². The van der Waals surface area contributed by atoms with Crippen LogP contribution in [0.2, 0.25) is 0 Å². The van der Waals surface area contributed by atoms with E-state index in [1.165, 1.54) is 17.7 Å². The lowest BCUT2D eigenvalue weighted by Gasteiger charge is -2.37. The number of hydrogen-bond donors (Lipinski definition) is 1. The maximum Gasteiger partial charge on any atom is 0.223 e. The molecule has 30 heavy (non-hydrogen) atoms. The minimum Gasteiger partial charge on any atom is -0.508 e. The number of carbonyl (C=O) groups excluding carboxylic acids is 1. The molecular weight excluding hydrogens is 381 g/mol. The fourth-order valence-electron chi connectivity index (χ4n) is 4.51. The largest absolute Gasteiger partial charge is 0.508 e. The Hall–Kier alpha value is -2.60. The van der Waals surface area contributed by atoms with Crippen LogP contribution in [0.3, 0.4) is 0 Å². The fourth-order valence-corrected chi connectivity index (χ4v) is 4.51. The standard InChI is InChI=1S/C24H30FN3O2/c25-21-3-5-22(6-4-21)27-15-17-28(18-16-27)24(30)11-14-26-12-9-20(10-13-26)19-1-7-23(29)8-2-19/h1-8,20,29H,9-18H2. The highest BCUT2D eigenvalue weighted by Gasteiger charge is 2.24. The summed E-state index contributed by atoms with van der Waals surface area (Å²) in [6.45, 7) is 5.86. The molecule has 0 bridgehead atoms. The molecule has 2 aliphatic heterocycles. The van der Waals surface area contributed by atoms with E-state index in [1.54, 1.807) is 24.3 Å². The number of carbonyl (C=O) groups is 1. The van der Waals surface area contributed by atoms with E-state index in [0.29, 0.717) is 18.1 Å². The molecule has 0 unspecified atom stereocenters. The predicted molar refractivity (Wildman–Crippen MR) is 116 cm³/mol. The van der Waals surface area contributed by atoms with Crippen LogP contribution in [0.5, 0.6) is 5.75 Å². The van der Waals surface area contributed by atoms with Crippen LogP contribution in [0.15, 0.2) is 48.5 Å².